The summed E-state index contributed by atoms with van der Waals surface area (Å²) in [5.41, 5.74) is 0.408. The van der Waals surface area contributed by atoms with Gasteiger partial charge in [-0.15, -0.1) is 0 Å². The van der Waals surface area contributed by atoms with Crippen molar-refractivity contribution < 1.29 is 4.79 Å². The van der Waals surface area contributed by atoms with Crippen molar-refractivity contribution in [3.63, 3.8) is 0 Å². The van der Waals surface area contributed by atoms with Crippen LogP contribution in [0.1, 0.15) is 40.0 Å². The lowest BCUT2D eigenvalue weighted by molar-refractivity contribution is 0.187. The van der Waals surface area contributed by atoms with Crippen LogP contribution < -0.4 is 5.32 Å². The minimum atomic E-state index is 0.0650. The average molecular weight is 198 g/mol. The molecule has 1 fully saturated rings. The highest BCUT2D eigenvalue weighted by Crippen LogP contribution is 2.38. The first kappa shape index (κ1) is 11.3. The second-order valence-electron chi connectivity index (χ2n) is 5.01. The topological polar surface area (TPSA) is 32.3 Å². The van der Waals surface area contributed by atoms with Gasteiger partial charge in [-0.25, -0.2) is 4.79 Å². The van der Waals surface area contributed by atoms with Crippen LogP contribution in [0.5, 0.6) is 0 Å². The zero-order chi connectivity index (χ0) is 10.8. The largest absolute Gasteiger partial charge is 0.338 e. The summed E-state index contributed by atoms with van der Waals surface area (Å²) in [7, 11) is 1.90. The Hall–Kier alpha value is -0.730. The van der Waals surface area contributed by atoms with Crippen molar-refractivity contribution in [2.24, 2.45) is 5.41 Å². The molecule has 82 valence electrons. The third-order valence-electron chi connectivity index (χ3n) is 3.14. The monoisotopic (exact) mass is 198 g/mol. The summed E-state index contributed by atoms with van der Waals surface area (Å²) in [4.78, 5) is 13.4. The lowest BCUT2D eigenvalue weighted by atomic mass is 9.92. The van der Waals surface area contributed by atoms with Gasteiger partial charge in [0.2, 0.25) is 0 Å². The van der Waals surface area contributed by atoms with Crippen molar-refractivity contribution in [2.45, 2.75) is 46.1 Å². The SMILES string of the molecule is CCNC(=O)N(C)C1CCC(C)(C)C1. The van der Waals surface area contributed by atoms with Crippen LogP contribution in [-0.4, -0.2) is 30.6 Å². The van der Waals surface area contributed by atoms with Crippen molar-refractivity contribution in [3.8, 4) is 0 Å². The van der Waals surface area contributed by atoms with E-state index in [-0.39, 0.29) is 6.03 Å². The molecular formula is C11H22N2O. The van der Waals surface area contributed by atoms with Crippen molar-refractivity contribution >= 4 is 6.03 Å². The maximum absolute atomic E-state index is 11.6. The molecule has 1 saturated carbocycles. The summed E-state index contributed by atoms with van der Waals surface area (Å²) in [5, 5.41) is 2.84. The quantitative estimate of drug-likeness (QED) is 0.725. The third-order valence-corrected chi connectivity index (χ3v) is 3.14. The van der Waals surface area contributed by atoms with E-state index in [1.165, 1.54) is 6.42 Å². The van der Waals surface area contributed by atoms with Gasteiger partial charge in [0.25, 0.3) is 0 Å². The van der Waals surface area contributed by atoms with Gasteiger partial charge in [-0.1, -0.05) is 13.8 Å². The molecular weight excluding hydrogens is 176 g/mol. The number of nitrogens with one attached hydrogen (secondary N) is 1. The average Bonchev–Trinajstić information content (AvgIpc) is 2.45. The van der Waals surface area contributed by atoms with E-state index >= 15 is 0 Å². The minimum Gasteiger partial charge on any atom is -0.338 e. The molecule has 1 rings (SSSR count). The lowest BCUT2D eigenvalue weighted by Gasteiger charge is -2.26. The van der Waals surface area contributed by atoms with Crippen LogP contribution in [-0.2, 0) is 0 Å². The number of hydrogen-bond acceptors (Lipinski definition) is 1. The molecule has 0 aromatic rings. The van der Waals surface area contributed by atoms with E-state index in [9.17, 15) is 4.79 Å². The Labute approximate surface area is 86.9 Å². The number of hydrogen-bond donors (Lipinski definition) is 1. The van der Waals surface area contributed by atoms with E-state index < -0.39 is 0 Å². The predicted octanol–water partition coefficient (Wildman–Crippen LogP) is 2.23. The Morgan fingerprint density at radius 3 is 2.64 bits per heavy atom. The Balaban J connectivity index is 2.46. The van der Waals surface area contributed by atoms with E-state index in [1.807, 2.05) is 18.9 Å². The van der Waals surface area contributed by atoms with E-state index in [4.69, 9.17) is 0 Å². The fourth-order valence-electron chi connectivity index (χ4n) is 2.17. The first-order valence-electron chi connectivity index (χ1n) is 5.47. The maximum Gasteiger partial charge on any atom is 0.317 e. The van der Waals surface area contributed by atoms with E-state index in [0.717, 1.165) is 12.8 Å². The molecule has 0 saturated heterocycles. The summed E-state index contributed by atoms with van der Waals surface area (Å²) < 4.78 is 0. The summed E-state index contributed by atoms with van der Waals surface area (Å²) in [5.74, 6) is 0. The number of urea groups is 1. The van der Waals surface area contributed by atoms with Gasteiger partial charge in [0, 0.05) is 19.6 Å². The van der Waals surface area contributed by atoms with Crippen LogP contribution in [0.15, 0.2) is 0 Å². The molecule has 1 aliphatic rings. The molecule has 1 N–H and O–H groups in total. The van der Waals surface area contributed by atoms with Gasteiger partial charge in [0.05, 0.1) is 0 Å². The standard InChI is InChI=1S/C11H22N2O/c1-5-12-10(14)13(4)9-6-7-11(2,3)8-9/h9H,5-8H2,1-4H3,(H,12,14). The molecule has 1 aliphatic carbocycles. The van der Waals surface area contributed by atoms with E-state index in [2.05, 4.69) is 19.2 Å². The molecule has 3 nitrogen and oxygen atoms in total. The summed E-state index contributed by atoms with van der Waals surface area (Å²) in [6.07, 6.45) is 3.49. The highest BCUT2D eigenvalue weighted by atomic mass is 16.2. The summed E-state index contributed by atoms with van der Waals surface area (Å²) in [6, 6.07) is 0.492. The Kier molecular flexibility index (Phi) is 3.40. The van der Waals surface area contributed by atoms with Crippen LogP contribution in [0.3, 0.4) is 0 Å². The molecule has 14 heavy (non-hydrogen) atoms. The fourth-order valence-corrected chi connectivity index (χ4v) is 2.17. The summed E-state index contributed by atoms with van der Waals surface area (Å²) >= 11 is 0. The second-order valence-corrected chi connectivity index (χ2v) is 5.01. The fraction of sp³-hybridized carbons (Fsp3) is 0.909. The minimum absolute atomic E-state index is 0.0650. The molecule has 2 amide bonds. The van der Waals surface area contributed by atoms with Gasteiger partial charge in [0.1, 0.15) is 0 Å². The molecule has 0 radical (unpaired) electrons. The van der Waals surface area contributed by atoms with Gasteiger partial charge in [-0.3, -0.25) is 0 Å². The molecule has 0 aromatic heterocycles. The van der Waals surface area contributed by atoms with E-state index in [0.29, 0.717) is 18.0 Å². The smallest absolute Gasteiger partial charge is 0.317 e. The molecule has 0 aromatic carbocycles. The molecule has 1 atom stereocenters. The Morgan fingerprint density at radius 1 is 1.57 bits per heavy atom. The number of rotatable bonds is 2. The summed E-state index contributed by atoms with van der Waals surface area (Å²) in [6.45, 7) is 7.21. The first-order chi connectivity index (χ1) is 6.46. The van der Waals surface area contributed by atoms with Gasteiger partial charge in [0.15, 0.2) is 0 Å². The Morgan fingerprint density at radius 2 is 2.21 bits per heavy atom. The zero-order valence-electron chi connectivity index (χ0n) is 9.76. The number of carbonyl (C=O) groups excluding carboxylic acids is 1. The van der Waals surface area contributed by atoms with Crippen molar-refractivity contribution in [1.82, 2.24) is 10.2 Å². The van der Waals surface area contributed by atoms with Crippen LogP contribution in [0.2, 0.25) is 0 Å². The highest BCUT2D eigenvalue weighted by Gasteiger charge is 2.34. The molecule has 1 unspecified atom stereocenters. The van der Waals surface area contributed by atoms with Crippen LogP contribution >= 0.6 is 0 Å². The van der Waals surface area contributed by atoms with Crippen LogP contribution in [0.25, 0.3) is 0 Å². The van der Waals surface area contributed by atoms with Crippen molar-refractivity contribution in [3.05, 3.63) is 0 Å². The van der Waals surface area contributed by atoms with Gasteiger partial charge >= 0.3 is 6.03 Å². The Bertz CT molecular complexity index is 213. The van der Waals surface area contributed by atoms with Gasteiger partial charge in [-0.2, -0.15) is 0 Å². The predicted molar refractivity (Wildman–Crippen MR) is 58.3 cm³/mol. The van der Waals surface area contributed by atoms with Gasteiger partial charge in [-0.05, 0) is 31.6 Å². The second kappa shape index (κ2) is 4.20. The lowest BCUT2D eigenvalue weighted by Crippen LogP contribution is -2.42. The molecule has 0 bridgehead atoms. The molecule has 0 heterocycles. The van der Waals surface area contributed by atoms with Crippen LogP contribution in [0, 0.1) is 5.41 Å². The van der Waals surface area contributed by atoms with Crippen molar-refractivity contribution in [1.29, 1.82) is 0 Å². The van der Waals surface area contributed by atoms with Crippen molar-refractivity contribution in [2.75, 3.05) is 13.6 Å². The third kappa shape index (κ3) is 2.63. The number of amides is 2. The van der Waals surface area contributed by atoms with E-state index in [1.54, 1.807) is 0 Å². The molecule has 3 heteroatoms. The first-order valence-corrected chi connectivity index (χ1v) is 5.47. The number of nitrogens with zero attached hydrogens (tertiary/aromatic N) is 1. The van der Waals surface area contributed by atoms with Crippen LogP contribution in [0.4, 0.5) is 4.79 Å². The highest BCUT2D eigenvalue weighted by molar-refractivity contribution is 5.74. The maximum atomic E-state index is 11.6. The number of carbonyl (C=O) groups is 1. The molecule has 0 aliphatic heterocycles. The van der Waals surface area contributed by atoms with Gasteiger partial charge < -0.3 is 10.2 Å². The molecule has 0 spiro atoms. The normalized spacial score (nSPS) is 24.7. The zero-order valence-corrected chi connectivity index (χ0v) is 9.76.